The molecule has 0 unspecified atom stereocenters. The summed E-state index contributed by atoms with van der Waals surface area (Å²) in [6.07, 6.45) is 6.32. The second-order valence-electron chi connectivity index (χ2n) is 7.08. The van der Waals surface area contributed by atoms with Crippen LogP contribution in [0.15, 0.2) is 24.7 Å². The van der Waals surface area contributed by atoms with Gasteiger partial charge in [-0.2, -0.15) is 5.10 Å². The van der Waals surface area contributed by atoms with Crippen molar-refractivity contribution in [1.29, 1.82) is 0 Å². The van der Waals surface area contributed by atoms with E-state index in [1.54, 1.807) is 17.1 Å². The molecule has 25 heavy (non-hydrogen) atoms. The van der Waals surface area contributed by atoms with E-state index in [-0.39, 0.29) is 11.9 Å². The van der Waals surface area contributed by atoms with E-state index in [0.29, 0.717) is 5.56 Å². The van der Waals surface area contributed by atoms with E-state index in [1.807, 2.05) is 18.1 Å². The van der Waals surface area contributed by atoms with Crippen LogP contribution in [0.4, 0.5) is 0 Å². The number of hydrogen-bond acceptors (Lipinski definition) is 4. The van der Waals surface area contributed by atoms with Gasteiger partial charge in [0.05, 0.1) is 11.8 Å². The van der Waals surface area contributed by atoms with E-state index in [1.165, 1.54) is 16.8 Å². The SMILES string of the molecule is Cc1cnc(CCN2CCN(C(=O)c3cnn(C)c3)[C@@H](C)C2)c(C)c1. The number of aromatic nitrogens is 3. The molecule has 6 nitrogen and oxygen atoms in total. The Labute approximate surface area is 149 Å². The van der Waals surface area contributed by atoms with Crippen molar-refractivity contribution in [2.75, 3.05) is 26.2 Å². The zero-order chi connectivity index (χ0) is 18.0. The summed E-state index contributed by atoms with van der Waals surface area (Å²) in [5, 5.41) is 4.10. The fraction of sp³-hybridized carbons (Fsp3) is 0.526. The van der Waals surface area contributed by atoms with Crippen LogP contribution in [-0.4, -0.2) is 62.7 Å². The molecule has 0 aromatic carbocycles. The fourth-order valence-electron chi connectivity index (χ4n) is 3.50. The number of piperazine rings is 1. The van der Waals surface area contributed by atoms with Crippen molar-refractivity contribution in [2.45, 2.75) is 33.2 Å². The first-order chi connectivity index (χ1) is 11.9. The molecule has 134 valence electrons. The predicted molar refractivity (Wildman–Crippen MR) is 97.6 cm³/mol. The highest BCUT2D eigenvalue weighted by molar-refractivity contribution is 5.94. The number of aryl methyl sites for hydroxylation is 3. The van der Waals surface area contributed by atoms with Gasteiger partial charge >= 0.3 is 0 Å². The van der Waals surface area contributed by atoms with Crippen molar-refractivity contribution >= 4 is 5.91 Å². The Bertz CT molecular complexity index is 754. The minimum Gasteiger partial charge on any atom is -0.333 e. The summed E-state index contributed by atoms with van der Waals surface area (Å²) in [5.74, 6) is 0.0799. The lowest BCUT2D eigenvalue weighted by molar-refractivity contribution is 0.0491. The van der Waals surface area contributed by atoms with Crippen LogP contribution in [-0.2, 0) is 13.5 Å². The van der Waals surface area contributed by atoms with Crippen LogP contribution in [0.1, 0.15) is 34.1 Å². The monoisotopic (exact) mass is 341 g/mol. The van der Waals surface area contributed by atoms with Gasteiger partial charge in [0.1, 0.15) is 0 Å². The minimum atomic E-state index is 0.0799. The molecular formula is C19H27N5O. The number of hydrogen-bond donors (Lipinski definition) is 0. The fourth-order valence-corrected chi connectivity index (χ4v) is 3.50. The third-order valence-electron chi connectivity index (χ3n) is 4.91. The molecule has 0 N–H and O–H groups in total. The third kappa shape index (κ3) is 4.07. The first-order valence-electron chi connectivity index (χ1n) is 8.88. The zero-order valence-electron chi connectivity index (χ0n) is 15.6. The van der Waals surface area contributed by atoms with Gasteiger partial charge in [0, 0.05) is 63.8 Å². The first-order valence-corrected chi connectivity index (χ1v) is 8.88. The maximum absolute atomic E-state index is 12.6. The maximum Gasteiger partial charge on any atom is 0.257 e. The molecule has 0 radical (unpaired) electrons. The number of rotatable bonds is 4. The molecule has 1 atom stereocenters. The average Bonchev–Trinajstić information content (AvgIpc) is 3.00. The van der Waals surface area contributed by atoms with Crippen LogP contribution >= 0.6 is 0 Å². The quantitative estimate of drug-likeness (QED) is 0.851. The van der Waals surface area contributed by atoms with Crippen molar-refractivity contribution in [3.63, 3.8) is 0 Å². The molecule has 0 bridgehead atoms. The van der Waals surface area contributed by atoms with E-state index in [0.717, 1.165) is 32.6 Å². The topological polar surface area (TPSA) is 54.3 Å². The van der Waals surface area contributed by atoms with Gasteiger partial charge in [-0.25, -0.2) is 0 Å². The van der Waals surface area contributed by atoms with Crippen LogP contribution in [0.2, 0.25) is 0 Å². The van der Waals surface area contributed by atoms with Crippen molar-refractivity contribution in [3.05, 3.63) is 47.0 Å². The second-order valence-corrected chi connectivity index (χ2v) is 7.08. The average molecular weight is 341 g/mol. The highest BCUT2D eigenvalue weighted by Gasteiger charge is 2.28. The molecule has 1 aliphatic rings. The smallest absolute Gasteiger partial charge is 0.257 e. The van der Waals surface area contributed by atoms with E-state index in [9.17, 15) is 4.79 Å². The van der Waals surface area contributed by atoms with Gasteiger partial charge in [-0.05, 0) is 31.9 Å². The van der Waals surface area contributed by atoms with Gasteiger partial charge in [0.2, 0.25) is 0 Å². The van der Waals surface area contributed by atoms with Crippen LogP contribution in [0.25, 0.3) is 0 Å². The molecule has 0 aliphatic carbocycles. The molecule has 2 aromatic heterocycles. The Balaban J connectivity index is 1.55. The van der Waals surface area contributed by atoms with Crippen LogP contribution in [0.5, 0.6) is 0 Å². The number of carbonyl (C=O) groups excluding carboxylic acids is 1. The Kier molecular flexibility index (Phi) is 5.18. The maximum atomic E-state index is 12.6. The lowest BCUT2D eigenvalue weighted by Crippen LogP contribution is -2.54. The van der Waals surface area contributed by atoms with E-state index < -0.39 is 0 Å². The van der Waals surface area contributed by atoms with Crippen LogP contribution < -0.4 is 0 Å². The summed E-state index contributed by atoms with van der Waals surface area (Å²) < 4.78 is 1.67. The van der Waals surface area contributed by atoms with Gasteiger partial charge in [0.25, 0.3) is 5.91 Å². The molecule has 3 rings (SSSR count). The molecule has 6 heteroatoms. The molecule has 0 spiro atoms. The lowest BCUT2D eigenvalue weighted by atomic mass is 10.1. The molecule has 2 aromatic rings. The first kappa shape index (κ1) is 17.6. The van der Waals surface area contributed by atoms with Gasteiger partial charge < -0.3 is 4.90 Å². The highest BCUT2D eigenvalue weighted by Crippen LogP contribution is 2.15. The van der Waals surface area contributed by atoms with Crippen LogP contribution in [0.3, 0.4) is 0 Å². The van der Waals surface area contributed by atoms with E-state index in [4.69, 9.17) is 0 Å². The minimum absolute atomic E-state index is 0.0799. The van der Waals surface area contributed by atoms with E-state index in [2.05, 4.69) is 41.8 Å². The molecule has 1 amide bonds. The Morgan fingerprint density at radius 1 is 1.28 bits per heavy atom. The predicted octanol–water partition coefficient (Wildman–Crippen LogP) is 1.82. The second kappa shape index (κ2) is 7.35. The molecule has 0 saturated carbocycles. The zero-order valence-corrected chi connectivity index (χ0v) is 15.6. The van der Waals surface area contributed by atoms with Gasteiger partial charge in [-0.15, -0.1) is 0 Å². The lowest BCUT2D eigenvalue weighted by Gasteiger charge is -2.39. The third-order valence-corrected chi connectivity index (χ3v) is 4.91. The largest absolute Gasteiger partial charge is 0.333 e. The summed E-state index contributed by atoms with van der Waals surface area (Å²) in [7, 11) is 1.83. The van der Waals surface area contributed by atoms with E-state index >= 15 is 0 Å². The number of amides is 1. The summed E-state index contributed by atoms with van der Waals surface area (Å²) in [6.45, 7) is 9.87. The highest BCUT2D eigenvalue weighted by atomic mass is 16.2. The Hall–Kier alpha value is -2.21. The summed E-state index contributed by atoms with van der Waals surface area (Å²) >= 11 is 0. The summed E-state index contributed by atoms with van der Waals surface area (Å²) in [5.41, 5.74) is 4.31. The normalized spacial score (nSPS) is 18.6. The Morgan fingerprint density at radius 3 is 2.72 bits per heavy atom. The molecule has 1 aliphatic heterocycles. The Morgan fingerprint density at radius 2 is 2.08 bits per heavy atom. The summed E-state index contributed by atoms with van der Waals surface area (Å²) in [6, 6.07) is 2.39. The van der Waals surface area contributed by atoms with Crippen molar-refractivity contribution in [2.24, 2.45) is 7.05 Å². The van der Waals surface area contributed by atoms with Gasteiger partial charge in [-0.3, -0.25) is 19.4 Å². The van der Waals surface area contributed by atoms with Gasteiger partial charge in [-0.1, -0.05) is 6.07 Å². The molecule has 1 fully saturated rings. The molecule has 1 saturated heterocycles. The summed E-state index contributed by atoms with van der Waals surface area (Å²) in [4.78, 5) is 21.6. The van der Waals surface area contributed by atoms with Crippen molar-refractivity contribution in [1.82, 2.24) is 24.6 Å². The van der Waals surface area contributed by atoms with Crippen molar-refractivity contribution in [3.8, 4) is 0 Å². The van der Waals surface area contributed by atoms with Crippen LogP contribution in [0, 0.1) is 13.8 Å². The number of nitrogens with zero attached hydrogens (tertiary/aromatic N) is 5. The molecular weight excluding hydrogens is 314 g/mol. The number of carbonyl (C=O) groups is 1. The van der Waals surface area contributed by atoms with Gasteiger partial charge in [0.15, 0.2) is 0 Å². The molecule has 3 heterocycles. The standard InChI is InChI=1S/C19H27N5O/c1-14-9-15(2)18(20-10-14)5-6-23-7-8-24(16(3)12-23)19(25)17-11-21-22(4)13-17/h9-11,13,16H,5-8,12H2,1-4H3/t16-/m0/s1. The number of pyridine rings is 1. The van der Waals surface area contributed by atoms with Crippen molar-refractivity contribution < 1.29 is 4.79 Å².